The summed E-state index contributed by atoms with van der Waals surface area (Å²) in [5.41, 5.74) is 2.34. The summed E-state index contributed by atoms with van der Waals surface area (Å²) < 4.78 is 7.91. The number of imidazole rings is 1. The smallest absolute Gasteiger partial charge is 0.191 e. The van der Waals surface area contributed by atoms with Crippen LogP contribution in [0.5, 0.6) is 5.75 Å². The van der Waals surface area contributed by atoms with Crippen molar-refractivity contribution in [2.24, 2.45) is 4.99 Å². The van der Waals surface area contributed by atoms with Gasteiger partial charge in [-0.2, -0.15) is 0 Å². The van der Waals surface area contributed by atoms with Gasteiger partial charge in [0.05, 0.1) is 6.61 Å². The highest BCUT2D eigenvalue weighted by Gasteiger charge is 2.05. The molecule has 2 N–H and O–H groups in total. The van der Waals surface area contributed by atoms with Gasteiger partial charge in [-0.1, -0.05) is 12.1 Å². The lowest BCUT2D eigenvalue weighted by Crippen LogP contribution is -2.37. The number of nitrogens with zero attached hydrogens (tertiary/aromatic N) is 3. The van der Waals surface area contributed by atoms with Crippen molar-refractivity contribution in [3.05, 3.63) is 47.5 Å². The molecule has 0 spiro atoms. The number of guanidine groups is 1. The Bertz CT molecular complexity index is 714. The second-order valence-corrected chi connectivity index (χ2v) is 6.27. The van der Waals surface area contributed by atoms with Gasteiger partial charge in [-0.15, -0.1) is 24.0 Å². The number of hydrogen-bond acceptors (Lipinski definition) is 3. The minimum Gasteiger partial charge on any atom is -0.494 e. The van der Waals surface area contributed by atoms with E-state index in [1.54, 1.807) is 7.05 Å². The fourth-order valence-electron chi connectivity index (χ4n) is 2.75. The fourth-order valence-corrected chi connectivity index (χ4v) is 2.75. The molecule has 0 aliphatic heterocycles. The van der Waals surface area contributed by atoms with Crippen LogP contribution in [-0.2, 0) is 13.1 Å². The lowest BCUT2D eigenvalue weighted by atomic mass is 10.1. The van der Waals surface area contributed by atoms with E-state index in [4.69, 9.17) is 4.74 Å². The van der Waals surface area contributed by atoms with Gasteiger partial charge in [0.15, 0.2) is 5.96 Å². The Morgan fingerprint density at radius 2 is 2.04 bits per heavy atom. The molecule has 2 rings (SSSR count). The number of aryl methyl sites for hydroxylation is 3. The van der Waals surface area contributed by atoms with E-state index in [-0.39, 0.29) is 24.0 Å². The lowest BCUT2D eigenvalue weighted by Gasteiger charge is -2.15. The highest BCUT2D eigenvalue weighted by Crippen LogP contribution is 2.20. The largest absolute Gasteiger partial charge is 0.494 e. The van der Waals surface area contributed by atoms with Gasteiger partial charge < -0.3 is 19.9 Å². The first-order chi connectivity index (χ1) is 12.6. The zero-order chi connectivity index (χ0) is 18.8. The van der Waals surface area contributed by atoms with Crippen molar-refractivity contribution in [1.82, 2.24) is 20.2 Å². The van der Waals surface area contributed by atoms with E-state index in [9.17, 15) is 0 Å². The summed E-state index contributed by atoms with van der Waals surface area (Å²) in [6.07, 6.45) is 6.06. The zero-order valence-corrected chi connectivity index (χ0v) is 19.1. The Morgan fingerprint density at radius 1 is 1.22 bits per heavy atom. The summed E-state index contributed by atoms with van der Waals surface area (Å²) in [6, 6.07) is 6.29. The predicted octanol–water partition coefficient (Wildman–Crippen LogP) is 3.66. The molecule has 0 unspecified atom stereocenters. The van der Waals surface area contributed by atoms with Crippen molar-refractivity contribution in [3.8, 4) is 5.75 Å². The van der Waals surface area contributed by atoms with Crippen molar-refractivity contribution in [3.63, 3.8) is 0 Å². The molecule has 0 bridgehead atoms. The zero-order valence-electron chi connectivity index (χ0n) is 16.8. The van der Waals surface area contributed by atoms with Crippen LogP contribution < -0.4 is 15.4 Å². The molecule has 7 heteroatoms. The molecule has 1 aromatic carbocycles. The van der Waals surface area contributed by atoms with Crippen molar-refractivity contribution in [2.75, 3.05) is 20.2 Å². The quantitative estimate of drug-likeness (QED) is 0.246. The van der Waals surface area contributed by atoms with E-state index in [1.807, 2.05) is 26.2 Å². The number of nitrogens with one attached hydrogen (secondary N) is 2. The van der Waals surface area contributed by atoms with Crippen molar-refractivity contribution in [1.29, 1.82) is 0 Å². The molecule has 0 saturated heterocycles. The average molecular weight is 485 g/mol. The summed E-state index contributed by atoms with van der Waals surface area (Å²) >= 11 is 0. The highest BCUT2D eigenvalue weighted by molar-refractivity contribution is 14.0. The number of rotatable bonds is 9. The predicted molar refractivity (Wildman–Crippen MR) is 122 cm³/mol. The molecule has 27 heavy (non-hydrogen) atoms. The van der Waals surface area contributed by atoms with E-state index in [2.05, 4.69) is 50.3 Å². The molecule has 0 radical (unpaired) electrons. The molecule has 0 aliphatic carbocycles. The number of ether oxygens (including phenoxy) is 1. The van der Waals surface area contributed by atoms with Gasteiger partial charge in [0, 0.05) is 44.6 Å². The maximum Gasteiger partial charge on any atom is 0.191 e. The SMILES string of the molecule is CCOc1cc(C)ccc1CNC(=NC)NCCCCn1ccnc1C.I. The topological polar surface area (TPSA) is 63.5 Å². The van der Waals surface area contributed by atoms with Crippen LogP contribution in [0.3, 0.4) is 0 Å². The number of aromatic nitrogens is 2. The number of unbranched alkanes of at least 4 members (excludes halogenated alkanes) is 1. The Labute approximate surface area is 179 Å². The van der Waals surface area contributed by atoms with Crippen LogP contribution in [-0.4, -0.2) is 35.7 Å². The second-order valence-electron chi connectivity index (χ2n) is 6.27. The lowest BCUT2D eigenvalue weighted by molar-refractivity contribution is 0.336. The minimum atomic E-state index is 0. The first kappa shape index (κ1) is 23.3. The van der Waals surface area contributed by atoms with E-state index in [0.29, 0.717) is 13.2 Å². The molecule has 0 aliphatic rings. The van der Waals surface area contributed by atoms with Gasteiger partial charge in [0.25, 0.3) is 0 Å². The molecule has 1 heterocycles. The van der Waals surface area contributed by atoms with Crippen LogP contribution in [0.2, 0.25) is 0 Å². The molecule has 2 aromatic rings. The van der Waals surface area contributed by atoms with Crippen LogP contribution in [0, 0.1) is 13.8 Å². The number of hydrogen-bond donors (Lipinski definition) is 2. The molecular weight excluding hydrogens is 453 g/mol. The van der Waals surface area contributed by atoms with Crippen LogP contribution in [0.25, 0.3) is 0 Å². The van der Waals surface area contributed by atoms with Gasteiger partial charge in [-0.25, -0.2) is 4.98 Å². The average Bonchev–Trinajstić information content (AvgIpc) is 3.04. The molecular formula is C20H32IN5O. The van der Waals surface area contributed by atoms with Crippen LogP contribution >= 0.6 is 24.0 Å². The number of halogens is 1. The summed E-state index contributed by atoms with van der Waals surface area (Å²) in [5.74, 6) is 2.82. The Hall–Kier alpha value is -1.77. The first-order valence-electron chi connectivity index (χ1n) is 9.28. The third-order valence-corrected chi connectivity index (χ3v) is 4.23. The van der Waals surface area contributed by atoms with Gasteiger partial charge >= 0.3 is 0 Å². The molecule has 150 valence electrons. The third kappa shape index (κ3) is 7.78. The molecule has 6 nitrogen and oxygen atoms in total. The summed E-state index contributed by atoms with van der Waals surface area (Å²) in [4.78, 5) is 8.54. The first-order valence-corrected chi connectivity index (χ1v) is 9.28. The highest BCUT2D eigenvalue weighted by atomic mass is 127. The van der Waals surface area contributed by atoms with E-state index >= 15 is 0 Å². The second kappa shape index (κ2) is 12.6. The van der Waals surface area contributed by atoms with Crippen molar-refractivity contribution in [2.45, 2.75) is 46.7 Å². The molecule has 0 saturated carbocycles. The monoisotopic (exact) mass is 485 g/mol. The van der Waals surface area contributed by atoms with Gasteiger partial charge in [0.1, 0.15) is 11.6 Å². The maximum absolute atomic E-state index is 5.73. The standard InChI is InChI=1S/C20H31N5O.HI/c1-5-26-19-14-16(2)8-9-18(19)15-24-20(21-4)23-10-6-7-12-25-13-11-22-17(25)3;/h8-9,11,13-14H,5-7,10,12,15H2,1-4H3,(H2,21,23,24);1H. The van der Waals surface area contributed by atoms with E-state index in [1.165, 1.54) is 5.56 Å². The Morgan fingerprint density at radius 3 is 2.70 bits per heavy atom. The summed E-state index contributed by atoms with van der Waals surface area (Å²) in [7, 11) is 1.79. The van der Waals surface area contributed by atoms with Gasteiger partial charge in [0.2, 0.25) is 0 Å². The maximum atomic E-state index is 5.73. The third-order valence-electron chi connectivity index (χ3n) is 4.23. The van der Waals surface area contributed by atoms with Crippen LogP contribution in [0.15, 0.2) is 35.6 Å². The normalized spacial score (nSPS) is 11.0. The van der Waals surface area contributed by atoms with Crippen LogP contribution in [0.1, 0.15) is 36.7 Å². The summed E-state index contributed by atoms with van der Waals surface area (Å²) in [5, 5.41) is 6.73. The van der Waals surface area contributed by atoms with Crippen molar-refractivity contribution < 1.29 is 4.74 Å². The van der Waals surface area contributed by atoms with E-state index < -0.39 is 0 Å². The van der Waals surface area contributed by atoms with Crippen molar-refractivity contribution >= 4 is 29.9 Å². The molecule has 0 fully saturated rings. The Kier molecular flexibility index (Phi) is 10.8. The molecule has 0 atom stereocenters. The van der Waals surface area contributed by atoms with Gasteiger partial charge in [-0.05, 0) is 45.2 Å². The minimum absolute atomic E-state index is 0. The molecule has 0 amide bonds. The number of aliphatic imine (C=N–C) groups is 1. The fraction of sp³-hybridized carbons (Fsp3) is 0.500. The summed E-state index contributed by atoms with van der Waals surface area (Å²) in [6.45, 7) is 9.35. The Balaban J connectivity index is 0.00000364. The number of benzene rings is 1. The van der Waals surface area contributed by atoms with Crippen LogP contribution in [0.4, 0.5) is 0 Å². The van der Waals surface area contributed by atoms with Gasteiger partial charge in [-0.3, -0.25) is 4.99 Å². The molecule has 1 aromatic heterocycles. The van der Waals surface area contributed by atoms with E-state index in [0.717, 1.165) is 49.0 Å².